The maximum atomic E-state index is 11.7. The predicted octanol–water partition coefficient (Wildman–Crippen LogP) is 1.24. The van der Waals surface area contributed by atoms with E-state index in [0.29, 0.717) is 11.1 Å². The molecule has 1 aliphatic rings. The van der Waals surface area contributed by atoms with Crippen molar-refractivity contribution in [3.63, 3.8) is 0 Å². The number of nitriles is 1. The van der Waals surface area contributed by atoms with Gasteiger partial charge in [-0.25, -0.2) is 0 Å². The highest BCUT2D eigenvalue weighted by atomic mass is 16.2. The summed E-state index contributed by atoms with van der Waals surface area (Å²) in [5, 5.41) is 8.85. The largest absolute Gasteiger partial charge is 0.273 e. The Hall–Kier alpha value is -1.63. The van der Waals surface area contributed by atoms with Crippen molar-refractivity contribution in [3.8, 4) is 6.07 Å². The number of imide groups is 1. The third kappa shape index (κ3) is 1.91. The maximum Gasteiger partial charge on any atom is 0.256 e. The quantitative estimate of drug-likeness (QED) is 0.638. The third-order valence-corrected chi connectivity index (χ3v) is 2.55. The summed E-state index contributed by atoms with van der Waals surface area (Å²) in [6.07, 6.45) is 0. The van der Waals surface area contributed by atoms with E-state index < -0.39 is 5.41 Å². The van der Waals surface area contributed by atoms with Gasteiger partial charge in [0.1, 0.15) is 0 Å². The van der Waals surface area contributed by atoms with Gasteiger partial charge in [0.2, 0.25) is 0 Å². The van der Waals surface area contributed by atoms with Crippen molar-refractivity contribution in [2.45, 2.75) is 27.7 Å². The fourth-order valence-corrected chi connectivity index (χ4v) is 1.39. The molecule has 0 fully saturated rings. The highest BCUT2D eigenvalue weighted by Gasteiger charge is 2.36. The van der Waals surface area contributed by atoms with Gasteiger partial charge in [-0.3, -0.25) is 14.5 Å². The summed E-state index contributed by atoms with van der Waals surface area (Å²) in [5.41, 5.74) is 0.262. The first kappa shape index (κ1) is 11.4. The first-order valence-corrected chi connectivity index (χ1v) is 4.75. The van der Waals surface area contributed by atoms with Crippen LogP contribution in [0.15, 0.2) is 11.1 Å². The van der Waals surface area contributed by atoms with E-state index in [0.717, 1.165) is 4.90 Å². The van der Waals surface area contributed by atoms with Crippen molar-refractivity contribution in [2.24, 2.45) is 5.41 Å². The predicted molar refractivity (Wildman–Crippen MR) is 54.5 cm³/mol. The van der Waals surface area contributed by atoms with Gasteiger partial charge in [-0.1, -0.05) is 0 Å². The van der Waals surface area contributed by atoms with E-state index in [-0.39, 0.29) is 18.4 Å². The fraction of sp³-hybridized carbons (Fsp3) is 0.545. The monoisotopic (exact) mass is 206 g/mol. The van der Waals surface area contributed by atoms with E-state index in [1.54, 1.807) is 27.7 Å². The molecule has 80 valence electrons. The van der Waals surface area contributed by atoms with Crippen LogP contribution in [-0.4, -0.2) is 23.3 Å². The summed E-state index contributed by atoms with van der Waals surface area (Å²) >= 11 is 0. The highest BCUT2D eigenvalue weighted by Crippen LogP contribution is 2.24. The Kier molecular flexibility index (Phi) is 2.67. The molecule has 1 rings (SSSR count). The molecule has 0 radical (unpaired) electrons. The number of hydrogen-bond acceptors (Lipinski definition) is 3. The second-order valence-electron chi connectivity index (χ2n) is 4.44. The molecule has 1 aliphatic heterocycles. The van der Waals surface area contributed by atoms with E-state index in [1.807, 2.05) is 0 Å². The zero-order chi connectivity index (χ0) is 11.8. The zero-order valence-corrected chi connectivity index (χ0v) is 9.42. The van der Waals surface area contributed by atoms with Crippen LogP contribution in [0, 0.1) is 16.7 Å². The van der Waals surface area contributed by atoms with E-state index in [2.05, 4.69) is 6.07 Å². The summed E-state index contributed by atoms with van der Waals surface area (Å²) in [7, 11) is 0. The molecule has 15 heavy (non-hydrogen) atoms. The molecule has 0 aromatic carbocycles. The van der Waals surface area contributed by atoms with E-state index in [1.165, 1.54) is 0 Å². The topological polar surface area (TPSA) is 61.2 Å². The van der Waals surface area contributed by atoms with Crippen LogP contribution in [0.2, 0.25) is 0 Å². The van der Waals surface area contributed by atoms with Crippen LogP contribution in [0.3, 0.4) is 0 Å². The lowest BCUT2D eigenvalue weighted by Gasteiger charge is -2.22. The Bertz CT molecular complexity index is 375. The molecule has 0 saturated heterocycles. The van der Waals surface area contributed by atoms with E-state index in [4.69, 9.17) is 5.26 Å². The third-order valence-electron chi connectivity index (χ3n) is 2.55. The van der Waals surface area contributed by atoms with Gasteiger partial charge in [0.15, 0.2) is 0 Å². The van der Waals surface area contributed by atoms with Crippen LogP contribution in [0.25, 0.3) is 0 Å². The summed E-state index contributed by atoms with van der Waals surface area (Å²) in [5.74, 6) is -0.554. The normalized spacial score (nSPS) is 17.4. The van der Waals surface area contributed by atoms with Crippen LogP contribution in [-0.2, 0) is 9.59 Å². The van der Waals surface area contributed by atoms with Crippen LogP contribution < -0.4 is 0 Å². The van der Waals surface area contributed by atoms with Crippen LogP contribution in [0.5, 0.6) is 0 Å². The molecule has 4 nitrogen and oxygen atoms in total. The average molecular weight is 206 g/mol. The highest BCUT2D eigenvalue weighted by molar-refractivity contribution is 6.18. The molecule has 0 aromatic rings. The minimum Gasteiger partial charge on any atom is -0.273 e. The fourth-order valence-electron chi connectivity index (χ4n) is 1.39. The standard InChI is InChI=1S/C11H14N2O2/c1-7-8(2)10(15)13(9(7)14)6-11(3,4)5-12/h6H2,1-4H3. The molecule has 0 saturated carbocycles. The van der Waals surface area contributed by atoms with Gasteiger partial charge in [-0.15, -0.1) is 0 Å². The number of amides is 2. The molecule has 4 heteroatoms. The van der Waals surface area contributed by atoms with Gasteiger partial charge in [0, 0.05) is 17.7 Å². The minimum absolute atomic E-state index is 0.149. The Morgan fingerprint density at radius 3 is 1.93 bits per heavy atom. The van der Waals surface area contributed by atoms with Gasteiger partial charge in [-0.2, -0.15) is 5.26 Å². The van der Waals surface area contributed by atoms with Gasteiger partial charge in [-0.05, 0) is 27.7 Å². The summed E-state index contributed by atoms with van der Waals surface area (Å²) in [4.78, 5) is 24.5. The zero-order valence-electron chi connectivity index (χ0n) is 9.42. The Balaban J connectivity index is 2.91. The lowest BCUT2D eigenvalue weighted by atomic mass is 9.95. The average Bonchev–Trinajstić information content (AvgIpc) is 2.36. The van der Waals surface area contributed by atoms with Crippen LogP contribution >= 0.6 is 0 Å². The second-order valence-corrected chi connectivity index (χ2v) is 4.44. The smallest absolute Gasteiger partial charge is 0.256 e. The first-order valence-electron chi connectivity index (χ1n) is 4.75. The molecule has 0 N–H and O–H groups in total. The number of nitrogens with zero attached hydrogens (tertiary/aromatic N) is 2. The van der Waals surface area contributed by atoms with Gasteiger partial charge in [0.25, 0.3) is 11.8 Å². The molecule has 2 amide bonds. The van der Waals surface area contributed by atoms with Gasteiger partial charge < -0.3 is 0 Å². The SMILES string of the molecule is CC1=C(C)C(=O)N(CC(C)(C)C#N)C1=O. The molecule has 0 atom stereocenters. The molecule has 0 spiro atoms. The van der Waals surface area contributed by atoms with Crippen molar-refractivity contribution in [2.75, 3.05) is 6.54 Å². The first-order chi connectivity index (χ1) is 6.80. The molecule has 1 heterocycles. The van der Waals surface area contributed by atoms with Crippen molar-refractivity contribution in [1.29, 1.82) is 5.26 Å². The minimum atomic E-state index is -0.698. The van der Waals surface area contributed by atoms with Crippen LogP contribution in [0.4, 0.5) is 0 Å². The second kappa shape index (κ2) is 3.50. The van der Waals surface area contributed by atoms with Crippen molar-refractivity contribution in [3.05, 3.63) is 11.1 Å². The summed E-state index contributed by atoms with van der Waals surface area (Å²) in [6, 6.07) is 2.07. The van der Waals surface area contributed by atoms with E-state index >= 15 is 0 Å². The van der Waals surface area contributed by atoms with Gasteiger partial charge in [0.05, 0.1) is 11.5 Å². The lowest BCUT2D eigenvalue weighted by Crippen LogP contribution is -2.38. The van der Waals surface area contributed by atoms with Crippen molar-refractivity contribution >= 4 is 11.8 Å². The molecule has 0 aromatic heterocycles. The molecular weight excluding hydrogens is 192 g/mol. The maximum absolute atomic E-state index is 11.7. The Labute approximate surface area is 89.2 Å². The van der Waals surface area contributed by atoms with E-state index in [9.17, 15) is 9.59 Å². The summed E-state index contributed by atoms with van der Waals surface area (Å²) in [6.45, 7) is 6.83. The number of carbonyl (C=O) groups is 2. The van der Waals surface area contributed by atoms with Crippen molar-refractivity contribution < 1.29 is 9.59 Å². The molecule has 0 bridgehead atoms. The van der Waals surface area contributed by atoms with Gasteiger partial charge >= 0.3 is 0 Å². The van der Waals surface area contributed by atoms with Crippen molar-refractivity contribution in [1.82, 2.24) is 4.90 Å². The lowest BCUT2D eigenvalue weighted by molar-refractivity contribution is -0.138. The number of hydrogen-bond donors (Lipinski definition) is 0. The molecular formula is C11H14N2O2. The van der Waals surface area contributed by atoms with Crippen LogP contribution in [0.1, 0.15) is 27.7 Å². The molecule has 0 aliphatic carbocycles. The summed E-state index contributed by atoms with van der Waals surface area (Å²) < 4.78 is 0. The molecule has 0 unspecified atom stereocenters. The Morgan fingerprint density at radius 2 is 1.60 bits per heavy atom. The Morgan fingerprint density at radius 1 is 1.20 bits per heavy atom. The number of rotatable bonds is 2. The number of carbonyl (C=O) groups excluding carboxylic acids is 2.